The molecule has 11 heteroatoms. The van der Waals surface area contributed by atoms with E-state index in [4.69, 9.17) is 4.84 Å². The minimum atomic E-state index is -4.34. The smallest absolute Gasteiger partial charge is 0.324 e. The van der Waals surface area contributed by atoms with Crippen molar-refractivity contribution in [3.05, 3.63) is 66.2 Å². The third-order valence-corrected chi connectivity index (χ3v) is 5.65. The van der Waals surface area contributed by atoms with Crippen LogP contribution in [-0.4, -0.2) is 51.1 Å². The maximum absolute atomic E-state index is 12.6. The number of carbonyl (C=O) groups is 2. The minimum absolute atomic E-state index is 0.0718. The van der Waals surface area contributed by atoms with Crippen molar-refractivity contribution in [3.8, 4) is 0 Å². The molecular weight excluding hydrogens is 435 g/mol. The van der Waals surface area contributed by atoms with Crippen molar-refractivity contribution in [2.75, 3.05) is 18.1 Å². The van der Waals surface area contributed by atoms with Crippen LogP contribution in [0.15, 0.2) is 65.7 Å². The van der Waals surface area contributed by atoms with E-state index in [0.29, 0.717) is 12.1 Å². The molecule has 1 heterocycles. The van der Waals surface area contributed by atoms with Crippen molar-refractivity contribution in [2.45, 2.75) is 25.3 Å². The molecule has 1 fully saturated rings. The van der Waals surface area contributed by atoms with Gasteiger partial charge in [-0.1, -0.05) is 48.5 Å². The van der Waals surface area contributed by atoms with Crippen molar-refractivity contribution in [1.29, 1.82) is 0 Å². The van der Waals surface area contributed by atoms with E-state index in [1.807, 2.05) is 30.3 Å². The fraction of sp³-hybridized carbons (Fsp3) is 0.286. The molecule has 32 heavy (non-hydrogen) atoms. The normalized spacial score (nSPS) is 19.8. The van der Waals surface area contributed by atoms with Gasteiger partial charge in [-0.3, -0.25) is 9.40 Å². The zero-order valence-corrected chi connectivity index (χ0v) is 18.4. The molecule has 1 aliphatic rings. The molecule has 2 aromatic carbocycles. The predicted octanol–water partition coefficient (Wildman–Crippen LogP) is 3.14. The highest BCUT2D eigenvalue weighted by Crippen LogP contribution is 2.38. The molecule has 0 aliphatic carbocycles. The highest BCUT2D eigenvalue weighted by Gasteiger charge is 2.48. The Bertz CT molecular complexity index is 1030. The molecule has 3 rings (SSSR count). The van der Waals surface area contributed by atoms with Gasteiger partial charge in [0.1, 0.15) is 5.54 Å². The summed E-state index contributed by atoms with van der Waals surface area (Å²) in [5, 5.41) is 6.11. The summed E-state index contributed by atoms with van der Waals surface area (Å²) >= 11 is 0. The number of nitrogens with zero attached hydrogens (tertiary/aromatic N) is 2. The Labute approximate surface area is 185 Å². The molecule has 2 aromatic rings. The number of amidine groups is 1. The lowest BCUT2D eigenvalue weighted by Gasteiger charge is -2.25. The van der Waals surface area contributed by atoms with Crippen molar-refractivity contribution >= 4 is 31.2 Å². The molecule has 10 nitrogen and oxygen atoms in total. The summed E-state index contributed by atoms with van der Waals surface area (Å²) in [6.07, 6.45) is -0.132. The number of benzene rings is 2. The molecule has 0 saturated carbocycles. The van der Waals surface area contributed by atoms with E-state index in [1.54, 1.807) is 30.3 Å². The van der Waals surface area contributed by atoms with E-state index < -0.39 is 31.4 Å². The summed E-state index contributed by atoms with van der Waals surface area (Å²) in [6.45, 7) is 1.67. The fourth-order valence-electron chi connectivity index (χ4n) is 3.16. The van der Waals surface area contributed by atoms with Gasteiger partial charge in [-0.15, -0.1) is 0 Å². The Morgan fingerprint density at radius 3 is 2.41 bits per heavy atom. The highest BCUT2D eigenvalue weighted by atomic mass is 31.2. The predicted molar refractivity (Wildman–Crippen MR) is 119 cm³/mol. The van der Waals surface area contributed by atoms with E-state index >= 15 is 0 Å². The van der Waals surface area contributed by atoms with Gasteiger partial charge < -0.3 is 20.4 Å². The number of hydrogen-bond acceptors (Lipinski definition) is 4. The van der Waals surface area contributed by atoms with E-state index in [2.05, 4.69) is 15.6 Å². The summed E-state index contributed by atoms with van der Waals surface area (Å²) in [5.41, 5.74) is 0.197. The van der Waals surface area contributed by atoms with Crippen LogP contribution in [0.3, 0.4) is 0 Å². The van der Waals surface area contributed by atoms with Crippen LogP contribution in [0.1, 0.15) is 18.9 Å². The van der Waals surface area contributed by atoms with E-state index in [0.717, 1.165) is 10.6 Å². The third-order valence-electron chi connectivity index (χ3n) is 4.84. The van der Waals surface area contributed by atoms with E-state index in [-0.39, 0.29) is 18.9 Å². The fourth-order valence-corrected chi connectivity index (χ4v) is 3.90. The van der Waals surface area contributed by atoms with Crippen LogP contribution in [0.4, 0.5) is 15.3 Å². The number of hydroxylamine groups is 2. The first-order chi connectivity index (χ1) is 15.2. The monoisotopic (exact) mass is 460 g/mol. The van der Waals surface area contributed by atoms with Crippen molar-refractivity contribution in [2.24, 2.45) is 4.99 Å². The Kier molecular flexibility index (Phi) is 7.42. The van der Waals surface area contributed by atoms with Crippen LogP contribution in [0, 0.1) is 0 Å². The molecular formula is C21H25N4O6P. The maximum Gasteiger partial charge on any atom is 0.348 e. The molecule has 1 unspecified atom stereocenters. The van der Waals surface area contributed by atoms with Gasteiger partial charge in [-0.25, -0.2) is 9.59 Å². The first-order valence-corrected chi connectivity index (χ1v) is 11.7. The van der Waals surface area contributed by atoms with Crippen LogP contribution in [0.5, 0.6) is 0 Å². The van der Waals surface area contributed by atoms with Gasteiger partial charge in [0, 0.05) is 5.69 Å². The second-order valence-electron chi connectivity index (χ2n) is 7.50. The largest absolute Gasteiger partial charge is 0.348 e. The number of rotatable bonds is 8. The second kappa shape index (κ2) is 10.1. The maximum atomic E-state index is 12.6. The lowest BCUT2D eigenvalue weighted by atomic mass is 9.99. The van der Waals surface area contributed by atoms with Gasteiger partial charge in [0.05, 0.1) is 12.8 Å². The zero-order chi connectivity index (χ0) is 23.2. The summed E-state index contributed by atoms with van der Waals surface area (Å²) in [7, 11) is -4.34. The number of hydrogen-bond donors (Lipinski definition) is 4. The number of aliphatic imine (C=N–C) groups is 1. The minimum Gasteiger partial charge on any atom is -0.324 e. The highest BCUT2D eigenvalue weighted by molar-refractivity contribution is 7.51. The first-order valence-electron chi connectivity index (χ1n) is 9.95. The number of carbonyl (C=O) groups excluding carboxylic acids is 2. The van der Waals surface area contributed by atoms with Crippen LogP contribution >= 0.6 is 7.60 Å². The SMILES string of the molecule is CC1(CCP(=O)(O)O)NC(=O)N(OCCc2ccccc2)/C1=N\C(=O)Nc1ccccc1. The van der Waals surface area contributed by atoms with Gasteiger partial charge in [0.15, 0.2) is 5.84 Å². The second-order valence-corrected chi connectivity index (χ2v) is 9.27. The average Bonchev–Trinajstić information content (AvgIpc) is 2.97. The van der Waals surface area contributed by atoms with Crippen LogP contribution in [-0.2, 0) is 15.8 Å². The standard InChI is InChI=1S/C21H25N4O6P/c1-21(13-15-32(28,29)30)18(23-19(26)22-17-10-6-3-7-11-17)25(20(27)24-21)31-14-12-16-8-4-2-5-9-16/h2-11H,12-15H2,1H3,(H,22,26)(H,24,27)(H2,28,29,30)/b23-18-. The third kappa shape index (κ3) is 6.48. The Hall–Kier alpha value is -3.04. The number of anilines is 1. The number of para-hydroxylation sites is 1. The van der Waals surface area contributed by atoms with Gasteiger partial charge in [-0.2, -0.15) is 10.1 Å². The summed E-state index contributed by atoms with van der Waals surface area (Å²) in [5.74, 6) is -0.0718. The van der Waals surface area contributed by atoms with Crippen molar-refractivity contribution in [3.63, 3.8) is 0 Å². The van der Waals surface area contributed by atoms with Crippen LogP contribution in [0.2, 0.25) is 0 Å². The first kappa shape index (κ1) is 23.6. The molecule has 0 radical (unpaired) electrons. The van der Waals surface area contributed by atoms with E-state index in [1.165, 1.54) is 6.92 Å². The summed E-state index contributed by atoms with van der Waals surface area (Å²) in [6, 6.07) is 16.7. The molecule has 1 saturated heterocycles. The lowest BCUT2D eigenvalue weighted by Crippen LogP contribution is -2.45. The molecule has 170 valence electrons. The number of urea groups is 2. The van der Waals surface area contributed by atoms with Gasteiger partial charge >= 0.3 is 19.7 Å². The van der Waals surface area contributed by atoms with Crippen molar-refractivity contribution in [1.82, 2.24) is 10.4 Å². The molecule has 0 aromatic heterocycles. The van der Waals surface area contributed by atoms with E-state index in [9.17, 15) is 23.9 Å². The molecule has 0 bridgehead atoms. The van der Waals surface area contributed by atoms with Crippen LogP contribution < -0.4 is 10.6 Å². The van der Waals surface area contributed by atoms with Crippen molar-refractivity contribution < 1.29 is 28.8 Å². The summed E-state index contributed by atoms with van der Waals surface area (Å²) in [4.78, 5) is 53.3. The molecule has 1 aliphatic heterocycles. The Morgan fingerprint density at radius 1 is 1.16 bits per heavy atom. The molecule has 0 spiro atoms. The zero-order valence-electron chi connectivity index (χ0n) is 17.5. The molecule has 4 amide bonds. The van der Waals surface area contributed by atoms with Gasteiger partial charge in [-0.05, 0) is 37.5 Å². The molecule has 1 atom stereocenters. The average molecular weight is 460 g/mol. The van der Waals surface area contributed by atoms with Gasteiger partial charge in [0.25, 0.3) is 0 Å². The number of nitrogens with one attached hydrogen (secondary N) is 2. The Morgan fingerprint density at radius 2 is 1.78 bits per heavy atom. The molecule has 4 N–H and O–H groups in total. The van der Waals surface area contributed by atoms with Crippen LogP contribution in [0.25, 0.3) is 0 Å². The lowest BCUT2D eigenvalue weighted by molar-refractivity contribution is -0.0547. The Balaban J connectivity index is 1.79. The quantitative estimate of drug-likeness (QED) is 0.446. The topological polar surface area (TPSA) is 141 Å². The summed E-state index contributed by atoms with van der Waals surface area (Å²) < 4.78 is 11.4. The van der Waals surface area contributed by atoms with Gasteiger partial charge in [0.2, 0.25) is 0 Å². The number of amides is 4.